The molecule has 2 heterocycles. The zero-order valence-electron chi connectivity index (χ0n) is 9.39. The summed E-state index contributed by atoms with van der Waals surface area (Å²) in [7, 11) is 1.85. The number of hydrogen-bond donors (Lipinski definition) is 1. The van der Waals surface area contributed by atoms with Crippen LogP contribution in [0.15, 0.2) is 4.42 Å². The summed E-state index contributed by atoms with van der Waals surface area (Å²) in [6, 6.07) is 0.0483. The predicted molar refractivity (Wildman–Crippen MR) is 60.1 cm³/mol. The van der Waals surface area contributed by atoms with E-state index in [4.69, 9.17) is 4.42 Å². The molecular weight excluding hydrogens is 226 g/mol. The molecule has 16 heavy (non-hydrogen) atoms. The first-order chi connectivity index (χ1) is 7.76. The van der Waals surface area contributed by atoms with E-state index in [1.54, 1.807) is 0 Å². The van der Waals surface area contributed by atoms with Crippen molar-refractivity contribution in [2.24, 2.45) is 0 Å². The van der Waals surface area contributed by atoms with Crippen molar-refractivity contribution in [2.75, 3.05) is 7.05 Å². The zero-order chi connectivity index (χ0) is 11.5. The van der Waals surface area contributed by atoms with E-state index in [9.17, 15) is 0 Å². The highest BCUT2D eigenvalue weighted by molar-refractivity contribution is 7.09. The number of aromatic nitrogens is 4. The summed E-state index contributed by atoms with van der Waals surface area (Å²) in [5, 5.41) is 15.1. The lowest BCUT2D eigenvalue weighted by Crippen LogP contribution is -2.12. The lowest BCUT2D eigenvalue weighted by atomic mass is 10.3. The quantitative estimate of drug-likeness (QED) is 0.869. The van der Waals surface area contributed by atoms with E-state index >= 15 is 0 Å². The van der Waals surface area contributed by atoms with Gasteiger partial charge in [-0.15, -0.1) is 15.3 Å². The van der Waals surface area contributed by atoms with E-state index in [2.05, 4.69) is 25.1 Å². The Kier molecular flexibility index (Phi) is 3.25. The number of hydrogen-bond acceptors (Lipinski definition) is 7. The summed E-state index contributed by atoms with van der Waals surface area (Å²) in [5.41, 5.74) is 0.900. The predicted octanol–water partition coefficient (Wildman–Crippen LogP) is 1.43. The molecule has 0 amide bonds. The lowest BCUT2D eigenvalue weighted by molar-refractivity contribution is 0.441. The number of nitrogens with zero attached hydrogens (tertiary/aromatic N) is 4. The highest BCUT2D eigenvalue weighted by Gasteiger charge is 2.17. The van der Waals surface area contributed by atoms with Crippen LogP contribution >= 0.6 is 11.5 Å². The van der Waals surface area contributed by atoms with Gasteiger partial charge in [0, 0.05) is 0 Å². The molecule has 0 saturated heterocycles. The maximum absolute atomic E-state index is 5.57. The minimum absolute atomic E-state index is 0.0483. The molecule has 2 rings (SSSR count). The maximum Gasteiger partial charge on any atom is 0.261 e. The zero-order valence-corrected chi connectivity index (χ0v) is 10.2. The third-order valence-electron chi connectivity index (χ3n) is 2.33. The Bertz CT molecular complexity index is 466. The first kappa shape index (κ1) is 11.2. The first-order valence-corrected chi connectivity index (χ1v) is 5.85. The second-order valence-corrected chi connectivity index (χ2v) is 4.11. The van der Waals surface area contributed by atoms with Crippen molar-refractivity contribution in [2.45, 2.75) is 26.3 Å². The van der Waals surface area contributed by atoms with Gasteiger partial charge in [-0.25, -0.2) is 0 Å². The van der Waals surface area contributed by atoms with Gasteiger partial charge in [0.1, 0.15) is 4.88 Å². The van der Waals surface area contributed by atoms with Gasteiger partial charge in [0.25, 0.3) is 5.89 Å². The molecule has 1 atom stereocenters. The van der Waals surface area contributed by atoms with Gasteiger partial charge < -0.3 is 9.73 Å². The second kappa shape index (κ2) is 4.67. The van der Waals surface area contributed by atoms with Crippen LogP contribution in [-0.4, -0.2) is 26.8 Å². The Morgan fingerprint density at radius 3 is 2.88 bits per heavy atom. The molecule has 0 aliphatic heterocycles. The molecule has 7 heteroatoms. The molecule has 0 bridgehead atoms. The Morgan fingerprint density at radius 2 is 2.19 bits per heavy atom. The topological polar surface area (TPSA) is 76.7 Å². The summed E-state index contributed by atoms with van der Waals surface area (Å²) in [6.07, 6.45) is 0.811. The monoisotopic (exact) mass is 239 g/mol. The van der Waals surface area contributed by atoms with E-state index in [0.717, 1.165) is 17.0 Å². The van der Waals surface area contributed by atoms with E-state index < -0.39 is 0 Å². The van der Waals surface area contributed by atoms with Crippen molar-refractivity contribution in [3.05, 3.63) is 11.6 Å². The molecule has 1 N–H and O–H groups in total. The van der Waals surface area contributed by atoms with Crippen LogP contribution in [0.25, 0.3) is 10.8 Å². The molecule has 86 valence electrons. The highest BCUT2D eigenvalue weighted by Crippen LogP contribution is 2.26. The Morgan fingerprint density at radius 1 is 1.38 bits per heavy atom. The van der Waals surface area contributed by atoms with Crippen LogP contribution in [0, 0.1) is 0 Å². The molecule has 0 spiro atoms. The summed E-state index contributed by atoms with van der Waals surface area (Å²) >= 11 is 1.28. The number of rotatable bonds is 4. The standard InChI is InChI=1S/C9H13N5OS/c1-4-6-7(16-14-11-6)9-13-12-8(15-9)5(2)10-3/h5,10H,4H2,1-3H3. The SMILES string of the molecule is CCc1nnsc1-c1nnc(C(C)NC)o1. The molecule has 0 aromatic carbocycles. The summed E-state index contributed by atoms with van der Waals surface area (Å²) in [4.78, 5) is 0.865. The van der Waals surface area contributed by atoms with E-state index in [-0.39, 0.29) is 6.04 Å². The van der Waals surface area contributed by atoms with Crippen molar-refractivity contribution in [3.63, 3.8) is 0 Å². The van der Waals surface area contributed by atoms with E-state index in [1.165, 1.54) is 11.5 Å². The summed E-state index contributed by atoms with van der Waals surface area (Å²) in [6.45, 7) is 3.98. The average Bonchev–Trinajstić information content (AvgIpc) is 2.95. The summed E-state index contributed by atoms with van der Waals surface area (Å²) < 4.78 is 9.46. The smallest absolute Gasteiger partial charge is 0.261 e. The van der Waals surface area contributed by atoms with Gasteiger partial charge in [0.2, 0.25) is 5.89 Å². The van der Waals surface area contributed by atoms with Gasteiger partial charge in [-0.3, -0.25) is 0 Å². The first-order valence-electron chi connectivity index (χ1n) is 5.08. The van der Waals surface area contributed by atoms with Crippen LogP contribution < -0.4 is 5.32 Å². The third-order valence-corrected chi connectivity index (χ3v) is 3.09. The Labute approximate surface area is 97.3 Å². The van der Waals surface area contributed by atoms with Crippen LogP contribution in [0.2, 0.25) is 0 Å². The van der Waals surface area contributed by atoms with Gasteiger partial charge in [-0.1, -0.05) is 11.4 Å². The van der Waals surface area contributed by atoms with Gasteiger partial charge in [-0.2, -0.15) is 0 Å². The van der Waals surface area contributed by atoms with Crippen molar-refractivity contribution >= 4 is 11.5 Å². The van der Waals surface area contributed by atoms with E-state index in [1.807, 2.05) is 20.9 Å². The average molecular weight is 239 g/mol. The van der Waals surface area contributed by atoms with E-state index in [0.29, 0.717) is 11.8 Å². The van der Waals surface area contributed by atoms with Crippen LogP contribution in [0.1, 0.15) is 31.5 Å². The molecule has 0 aliphatic carbocycles. The van der Waals surface area contributed by atoms with Crippen molar-refractivity contribution in [1.82, 2.24) is 25.1 Å². The minimum atomic E-state index is 0.0483. The number of aryl methyl sites for hydroxylation is 1. The fraction of sp³-hybridized carbons (Fsp3) is 0.556. The lowest BCUT2D eigenvalue weighted by Gasteiger charge is -2.01. The van der Waals surface area contributed by atoms with Gasteiger partial charge in [-0.05, 0) is 31.9 Å². The normalized spacial score (nSPS) is 12.9. The fourth-order valence-electron chi connectivity index (χ4n) is 1.23. The molecule has 2 aromatic heterocycles. The third kappa shape index (κ3) is 1.96. The molecule has 6 nitrogen and oxygen atoms in total. The Hall–Kier alpha value is -1.34. The van der Waals surface area contributed by atoms with Crippen molar-refractivity contribution in [3.8, 4) is 10.8 Å². The largest absolute Gasteiger partial charge is 0.418 e. The molecule has 0 radical (unpaired) electrons. The van der Waals surface area contributed by atoms with Gasteiger partial charge >= 0.3 is 0 Å². The molecule has 0 aliphatic rings. The molecular formula is C9H13N5OS. The second-order valence-electron chi connectivity index (χ2n) is 3.36. The van der Waals surface area contributed by atoms with Crippen LogP contribution in [-0.2, 0) is 6.42 Å². The molecule has 1 unspecified atom stereocenters. The number of nitrogens with one attached hydrogen (secondary N) is 1. The highest BCUT2D eigenvalue weighted by atomic mass is 32.1. The van der Waals surface area contributed by atoms with Gasteiger partial charge in [0.05, 0.1) is 11.7 Å². The fourth-order valence-corrected chi connectivity index (χ4v) is 1.90. The maximum atomic E-state index is 5.57. The van der Waals surface area contributed by atoms with Crippen molar-refractivity contribution in [1.29, 1.82) is 0 Å². The van der Waals surface area contributed by atoms with Crippen LogP contribution in [0.4, 0.5) is 0 Å². The van der Waals surface area contributed by atoms with Crippen LogP contribution in [0.3, 0.4) is 0 Å². The molecule has 0 saturated carbocycles. The summed E-state index contributed by atoms with van der Waals surface area (Å²) in [5.74, 6) is 1.08. The van der Waals surface area contributed by atoms with Crippen molar-refractivity contribution < 1.29 is 4.42 Å². The van der Waals surface area contributed by atoms with Gasteiger partial charge in [0.15, 0.2) is 0 Å². The molecule has 0 fully saturated rings. The molecule has 2 aromatic rings. The van der Waals surface area contributed by atoms with Crippen LogP contribution in [0.5, 0.6) is 0 Å². The Balaban J connectivity index is 2.31. The minimum Gasteiger partial charge on any atom is -0.418 e.